The Hall–Kier alpha value is -0.710. The summed E-state index contributed by atoms with van der Waals surface area (Å²) in [5, 5.41) is 0. The summed E-state index contributed by atoms with van der Waals surface area (Å²) in [7, 11) is 0. The maximum absolute atomic E-state index is 11.8. The third kappa shape index (κ3) is 3.13. The van der Waals surface area contributed by atoms with Gasteiger partial charge in [-0.3, -0.25) is 4.98 Å². The Kier molecular flexibility index (Phi) is 2.62. The van der Waals surface area contributed by atoms with Gasteiger partial charge in [0.25, 0.3) is 0 Å². The van der Waals surface area contributed by atoms with Gasteiger partial charge in [-0.15, -0.1) is 0 Å². The van der Waals surface area contributed by atoms with Crippen molar-refractivity contribution in [3.05, 3.63) is 30.9 Å². The molecule has 1 rings (SSSR count). The molecule has 0 aliphatic heterocycles. The summed E-state index contributed by atoms with van der Waals surface area (Å²) < 4.78 is 35.3. The Balaban J connectivity index is 2.71. The Morgan fingerprint density at radius 3 is 2.42 bits per heavy atom. The van der Waals surface area contributed by atoms with Gasteiger partial charge in [0.05, 0.1) is 0 Å². The third-order valence-corrected chi connectivity index (χ3v) is 1.74. The number of pyridine rings is 1. The standard InChI is InChI=1S/C7H5F3NS/c1-5-2-3-6(4-11-5)12-7(8,9)10/h2-4H,1H2. The van der Waals surface area contributed by atoms with E-state index in [0.29, 0.717) is 5.69 Å². The molecule has 0 fully saturated rings. The van der Waals surface area contributed by atoms with Gasteiger partial charge in [-0.25, -0.2) is 0 Å². The molecule has 1 aromatic heterocycles. The first-order chi connectivity index (χ1) is 5.47. The van der Waals surface area contributed by atoms with Crippen molar-refractivity contribution in [2.75, 3.05) is 0 Å². The molecule has 0 aromatic carbocycles. The molecule has 1 aromatic rings. The predicted octanol–water partition coefficient (Wildman–Crippen LogP) is 2.88. The van der Waals surface area contributed by atoms with E-state index in [4.69, 9.17) is 0 Å². The summed E-state index contributed by atoms with van der Waals surface area (Å²) in [4.78, 5) is 3.71. The zero-order valence-corrected chi connectivity index (χ0v) is 6.75. The van der Waals surface area contributed by atoms with Crippen molar-refractivity contribution in [3.63, 3.8) is 0 Å². The van der Waals surface area contributed by atoms with E-state index in [1.807, 2.05) is 0 Å². The quantitative estimate of drug-likeness (QED) is 0.634. The number of rotatable bonds is 1. The molecule has 1 radical (unpaired) electrons. The zero-order chi connectivity index (χ0) is 9.19. The van der Waals surface area contributed by atoms with Gasteiger partial charge in [0.1, 0.15) is 0 Å². The highest BCUT2D eigenvalue weighted by Gasteiger charge is 2.29. The first-order valence-electron chi connectivity index (χ1n) is 3.01. The van der Waals surface area contributed by atoms with Crippen molar-refractivity contribution >= 4 is 11.8 Å². The molecule has 1 heterocycles. The minimum atomic E-state index is -4.25. The fraction of sp³-hybridized carbons (Fsp3) is 0.143. The van der Waals surface area contributed by atoms with Gasteiger partial charge in [0.2, 0.25) is 0 Å². The molecule has 0 bridgehead atoms. The highest BCUT2D eigenvalue weighted by molar-refractivity contribution is 8.00. The summed E-state index contributed by atoms with van der Waals surface area (Å²) in [5.41, 5.74) is -3.79. The predicted molar refractivity (Wildman–Crippen MR) is 40.6 cm³/mol. The van der Waals surface area contributed by atoms with Crippen molar-refractivity contribution in [1.82, 2.24) is 4.98 Å². The molecule has 1 nitrogen and oxygen atoms in total. The van der Waals surface area contributed by atoms with Crippen LogP contribution in [-0.4, -0.2) is 10.5 Å². The molecule has 0 aliphatic carbocycles. The second-order valence-corrected chi connectivity index (χ2v) is 3.17. The van der Waals surface area contributed by atoms with E-state index < -0.39 is 5.51 Å². The van der Waals surface area contributed by atoms with Crippen LogP contribution in [0.2, 0.25) is 0 Å². The fourth-order valence-electron chi connectivity index (χ4n) is 0.605. The van der Waals surface area contributed by atoms with Crippen molar-refractivity contribution in [3.8, 4) is 0 Å². The smallest absolute Gasteiger partial charge is 0.260 e. The summed E-state index contributed by atoms with van der Waals surface area (Å²) in [5.74, 6) is 0. The first-order valence-corrected chi connectivity index (χ1v) is 3.83. The minimum Gasteiger partial charge on any atom is -0.260 e. The van der Waals surface area contributed by atoms with Gasteiger partial charge < -0.3 is 0 Å². The number of hydrogen-bond acceptors (Lipinski definition) is 2. The Bertz CT molecular complexity index is 254. The van der Waals surface area contributed by atoms with Crippen LogP contribution in [0.4, 0.5) is 13.2 Å². The SMILES string of the molecule is [CH2]c1ccc(SC(F)(F)F)cn1. The summed E-state index contributed by atoms with van der Waals surface area (Å²) in [6.07, 6.45) is 1.15. The van der Waals surface area contributed by atoms with E-state index in [1.54, 1.807) is 0 Å². The molecule has 65 valence electrons. The first kappa shape index (κ1) is 9.38. The lowest BCUT2D eigenvalue weighted by molar-refractivity contribution is -0.0328. The molecular weight excluding hydrogens is 187 g/mol. The Morgan fingerprint density at radius 1 is 1.33 bits per heavy atom. The van der Waals surface area contributed by atoms with Crippen molar-refractivity contribution in [2.24, 2.45) is 0 Å². The average Bonchev–Trinajstić information content (AvgIpc) is 1.91. The van der Waals surface area contributed by atoms with Crippen molar-refractivity contribution in [2.45, 2.75) is 10.4 Å². The monoisotopic (exact) mass is 192 g/mol. The minimum absolute atomic E-state index is 0.0786. The van der Waals surface area contributed by atoms with Crippen LogP contribution in [0.5, 0.6) is 0 Å². The second kappa shape index (κ2) is 3.35. The highest BCUT2D eigenvalue weighted by Crippen LogP contribution is 2.36. The normalized spacial score (nSPS) is 11.7. The van der Waals surface area contributed by atoms with Gasteiger partial charge in [0.15, 0.2) is 0 Å². The van der Waals surface area contributed by atoms with E-state index in [0.717, 1.165) is 6.20 Å². The maximum Gasteiger partial charge on any atom is 0.446 e. The number of halogens is 3. The molecule has 12 heavy (non-hydrogen) atoms. The lowest BCUT2D eigenvalue weighted by Crippen LogP contribution is -1.99. The van der Waals surface area contributed by atoms with Crippen LogP contribution in [0.25, 0.3) is 0 Å². The van der Waals surface area contributed by atoms with Gasteiger partial charge in [0, 0.05) is 16.8 Å². The van der Waals surface area contributed by atoms with Crippen LogP contribution in [-0.2, 0) is 0 Å². The van der Waals surface area contributed by atoms with E-state index in [9.17, 15) is 13.2 Å². The molecule has 0 saturated heterocycles. The van der Waals surface area contributed by atoms with Gasteiger partial charge in [-0.1, -0.05) is 0 Å². The molecule has 0 amide bonds. The highest BCUT2D eigenvalue weighted by atomic mass is 32.2. The molecule has 0 spiro atoms. The van der Waals surface area contributed by atoms with Gasteiger partial charge in [-0.2, -0.15) is 13.2 Å². The van der Waals surface area contributed by atoms with Crippen LogP contribution in [0, 0.1) is 6.92 Å². The number of alkyl halides is 3. The number of hydrogen-bond donors (Lipinski definition) is 0. The molecule has 0 unspecified atom stereocenters. The lowest BCUT2D eigenvalue weighted by atomic mass is 10.4. The zero-order valence-electron chi connectivity index (χ0n) is 5.93. The molecule has 0 N–H and O–H groups in total. The maximum atomic E-state index is 11.8. The van der Waals surface area contributed by atoms with Crippen molar-refractivity contribution < 1.29 is 13.2 Å². The average molecular weight is 192 g/mol. The molecular formula is C7H5F3NS. The number of thioether (sulfide) groups is 1. The number of aromatic nitrogens is 1. The van der Waals surface area contributed by atoms with Crippen molar-refractivity contribution in [1.29, 1.82) is 0 Å². The van der Waals surface area contributed by atoms with E-state index in [-0.39, 0.29) is 16.7 Å². The number of nitrogens with zero attached hydrogens (tertiary/aromatic N) is 1. The molecule has 0 aliphatic rings. The van der Waals surface area contributed by atoms with E-state index in [1.165, 1.54) is 12.1 Å². The van der Waals surface area contributed by atoms with Crippen LogP contribution in [0.15, 0.2) is 23.2 Å². The van der Waals surface area contributed by atoms with Gasteiger partial charge in [-0.05, 0) is 30.8 Å². The largest absolute Gasteiger partial charge is 0.446 e. The molecule has 5 heteroatoms. The summed E-state index contributed by atoms with van der Waals surface area (Å²) in [6.45, 7) is 3.46. The van der Waals surface area contributed by atoms with Crippen LogP contribution in [0.1, 0.15) is 5.69 Å². The topological polar surface area (TPSA) is 12.9 Å². The third-order valence-electron chi connectivity index (χ3n) is 1.03. The van der Waals surface area contributed by atoms with Crippen LogP contribution < -0.4 is 0 Å². The molecule has 0 atom stereocenters. The Morgan fingerprint density at radius 2 is 2.00 bits per heavy atom. The second-order valence-electron chi connectivity index (χ2n) is 2.03. The van der Waals surface area contributed by atoms with E-state index in [2.05, 4.69) is 11.9 Å². The van der Waals surface area contributed by atoms with Crippen LogP contribution >= 0.6 is 11.8 Å². The summed E-state index contributed by atoms with van der Waals surface area (Å²) in [6, 6.07) is 2.78. The fourth-order valence-corrected chi connectivity index (χ4v) is 1.11. The van der Waals surface area contributed by atoms with Crippen LogP contribution in [0.3, 0.4) is 0 Å². The summed E-state index contributed by atoms with van der Waals surface area (Å²) >= 11 is -0.181. The van der Waals surface area contributed by atoms with E-state index >= 15 is 0 Å². The van der Waals surface area contributed by atoms with Gasteiger partial charge >= 0.3 is 5.51 Å². The molecule has 0 saturated carbocycles. The Labute approximate surface area is 72.0 Å². The lowest BCUT2D eigenvalue weighted by Gasteiger charge is -2.04.